The standard InChI is InChI=1S/C39H58N2.2C2H6N.Ni/c1-8-15-16-17-18-19-23-32(24-25-41-40)39(35-26-30(12-5)37(14-7)31(13-6)27-35)36-28-33(20-9-2)38(22-11-4)34(29-36)21-10-3;2*1-3-2;/h24,26-29H,8-23H2,1-7H3;2*1-2H3;/q;2*-1;+2. The number of rotatable bonds is 19. The molecule has 0 N–H and O–H groups in total. The van der Waals surface area contributed by atoms with E-state index in [0.717, 1.165) is 64.2 Å². The second-order valence-electron chi connectivity index (χ2n) is 12.5. The van der Waals surface area contributed by atoms with Crippen LogP contribution in [0.1, 0.15) is 157 Å². The number of allylic oxidation sites excluding steroid dienone is 2. The van der Waals surface area contributed by atoms with Crippen molar-refractivity contribution in [1.29, 1.82) is 0 Å². The van der Waals surface area contributed by atoms with E-state index in [1.165, 1.54) is 88.6 Å². The van der Waals surface area contributed by atoms with Crippen molar-refractivity contribution in [3.05, 3.63) is 96.6 Å². The summed E-state index contributed by atoms with van der Waals surface area (Å²) in [5.74, 6) is 2.82. The van der Waals surface area contributed by atoms with Crippen LogP contribution in [0.15, 0.2) is 35.9 Å². The van der Waals surface area contributed by atoms with Crippen molar-refractivity contribution in [1.82, 2.24) is 0 Å². The Morgan fingerprint density at radius 3 is 1.44 bits per heavy atom. The zero-order valence-corrected chi connectivity index (χ0v) is 33.8. The Bertz CT molecular complexity index is 1200. The summed E-state index contributed by atoms with van der Waals surface area (Å²) < 4.78 is 0. The van der Waals surface area contributed by atoms with E-state index in [-0.39, 0.29) is 16.5 Å². The van der Waals surface area contributed by atoms with Gasteiger partial charge in [0.15, 0.2) is 0 Å². The summed E-state index contributed by atoms with van der Waals surface area (Å²) in [6.45, 7) is 16.0. The molecular formula is C43H70N4Ni. The molecule has 0 fully saturated rings. The van der Waals surface area contributed by atoms with Gasteiger partial charge in [-0.2, -0.15) is 28.2 Å². The number of benzene rings is 2. The minimum atomic E-state index is 0. The van der Waals surface area contributed by atoms with Crippen LogP contribution < -0.4 is 0 Å². The first kappa shape index (κ1) is 47.9. The molecule has 0 amide bonds. The third kappa shape index (κ3) is 16.9. The number of aryl methyl sites for hydroxylation is 4. The Kier molecular flexibility index (Phi) is 30.7. The summed E-state index contributed by atoms with van der Waals surface area (Å²) in [7, 11) is 7.00. The zero-order chi connectivity index (χ0) is 35.5. The van der Waals surface area contributed by atoms with Gasteiger partial charge >= 0.3 is 16.5 Å². The molecule has 0 aromatic heterocycles. The molecule has 0 heterocycles. The third-order valence-electron chi connectivity index (χ3n) is 8.52. The van der Waals surface area contributed by atoms with E-state index in [0.29, 0.717) is 0 Å². The van der Waals surface area contributed by atoms with Crippen LogP contribution >= 0.6 is 0 Å². The average molecular weight is 702 g/mol. The molecule has 48 heavy (non-hydrogen) atoms. The minimum Gasteiger partial charge on any atom is -0.668 e. The van der Waals surface area contributed by atoms with Crippen molar-refractivity contribution in [2.45, 2.75) is 151 Å². The predicted molar refractivity (Wildman–Crippen MR) is 211 cm³/mol. The molecule has 0 unspecified atom stereocenters. The van der Waals surface area contributed by atoms with Gasteiger partial charge in [0.05, 0.1) is 6.08 Å². The van der Waals surface area contributed by atoms with E-state index in [4.69, 9.17) is 0 Å². The Morgan fingerprint density at radius 2 is 1.04 bits per heavy atom. The fraction of sp³-hybridized carbons (Fsp3) is 0.628. The summed E-state index contributed by atoms with van der Waals surface area (Å²) in [5, 5.41) is 7.00. The summed E-state index contributed by atoms with van der Waals surface area (Å²) in [6.07, 6.45) is 20.5. The van der Waals surface area contributed by atoms with Gasteiger partial charge in [0.2, 0.25) is 0 Å². The fourth-order valence-corrected chi connectivity index (χ4v) is 6.53. The predicted octanol–water partition coefficient (Wildman–Crippen LogP) is 12.5. The van der Waals surface area contributed by atoms with E-state index in [2.05, 4.69) is 94.0 Å². The van der Waals surface area contributed by atoms with Crippen molar-refractivity contribution in [3.8, 4) is 0 Å². The van der Waals surface area contributed by atoms with Gasteiger partial charge in [-0.1, -0.05) is 124 Å². The first-order valence-electron chi connectivity index (χ1n) is 18.8. The van der Waals surface area contributed by atoms with Crippen LogP contribution in [0.25, 0.3) is 21.7 Å². The molecule has 0 aliphatic heterocycles. The SMILES string of the molecule is CCCCCCCCC(C=C=[N+]=[N-])=C(c1cc(CC)c(CC)c(CC)c1)c1cc(CCC)c(CCC)c(CCC)c1.C[N-]C.C[N-]C.[Ni+2]. The van der Waals surface area contributed by atoms with Crippen molar-refractivity contribution in [2.24, 2.45) is 0 Å². The molecule has 0 bridgehead atoms. The molecule has 2 rings (SSSR count). The number of hydrogen-bond acceptors (Lipinski definition) is 0. The molecule has 0 atom stereocenters. The molecule has 4 nitrogen and oxygen atoms in total. The van der Waals surface area contributed by atoms with Crippen LogP contribution in [-0.4, -0.2) is 38.9 Å². The molecule has 0 aliphatic rings. The van der Waals surface area contributed by atoms with Gasteiger partial charge in [0, 0.05) is 0 Å². The summed E-state index contributed by atoms with van der Waals surface area (Å²) >= 11 is 0. The van der Waals surface area contributed by atoms with Gasteiger partial charge in [-0.25, -0.2) is 0 Å². The van der Waals surface area contributed by atoms with E-state index in [9.17, 15) is 5.53 Å². The molecule has 0 spiro atoms. The Balaban J connectivity index is 0. The quantitative estimate of drug-likeness (QED) is 0.0350. The maximum atomic E-state index is 9.42. The maximum absolute atomic E-state index is 9.42. The summed E-state index contributed by atoms with van der Waals surface area (Å²) in [4.78, 5) is 3.30. The fourth-order valence-electron chi connectivity index (χ4n) is 6.53. The Morgan fingerprint density at radius 1 is 0.604 bits per heavy atom. The summed E-state index contributed by atoms with van der Waals surface area (Å²) in [5.41, 5.74) is 23.6. The second kappa shape index (κ2) is 30.8. The minimum absolute atomic E-state index is 0. The Labute approximate surface area is 307 Å². The zero-order valence-electron chi connectivity index (χ0n) is 32.8. The maximum Gasteiger partial charge on any atom is 2.00 e. The topological polar surface area (TPSA) is 64.6 Å². The molecule has 2 aromatic rings. The van der Waals surface area contributed by atoms with Crippen molar-refractivity contribution in [3.63, 3.8) is 0 Å². The molecule has 0 aliphatic carbocycles. The van der Waals surface area contributed by atoms with E-state index in [1.807, 2.05) is 6.08 Å². The summed E-state index contributed by atoms with van der Waals surface area (Å²) in [6, 6.07) is 9.91. The monoisotopic (exact) mass is 700 g/mol. The van der Waals surface area contributed by atoms with Crippen LogP contribution in [-0.2, 0) is 55.0 Å². The van der Waals surface area contributed by atoms with Crippen LogP contribution in [0, 0.1) is 0 Å². The molecule has 0 radical (unpaired) electrons. The first-order valence-corrected chi connectivity index (χ1v) is 18.8. The van der Waals surface area contributed by atoms with Gasteiger partial charge in [-0.15, -0.1) is 4.79 Å². The average Bonchev–Trinajstić information content (AvgIpc) is 3.06. The molecular weight excluding hydrogens is 631 g/mol. The molecule has 0 saturated carbocycles. The number of nitrogens with zero attached hydrogens (tertiary/aromatic N) is 4. The third-order valence-corrected chi connectivity index (χ3v) is 8.52. The van der Waals surface area contributed by atoms with Gasteiger partial charge in [0.1, 0.15) is 0 Å². The van der Waals surface area contributed by atoms with Crippen LogP contribution in [0.4, 0.5) is 0 Å². The van der Waals surface area contributed by atoms with E-state index >= 15 is 0 Å². The van der Waals surface area contributed by atoms with Crippen molar-refractivity contribution >= 4 is 11.4 Å². The molecule has 5 heteroatoms. The van der Waals surface area contributed by atoms with Crippen LogP contribution in [0.3, 0.4) is 0 Å². The van der Waals surface area contributed by atoms with Crippen molar-refractivity contribution < 1.29 is 21.3 Å². The first-order chi connectivity index (χ1) is 22.9. The van der Waals surface area contributed by atoms with Gasteiger partial charge in [0.25, 0.3) is 5.87 Å². The van der Waals surface area contributed by atoms with Crippen molar-refractivity contribution in [2.75, 3.05) is 28.2 Å². The van der Waals surface area contributed by atoms with Crippen LogP contribution in [0.5, 0.6) is 0 Å². The van der Waals surface area contributed by atoms with Gasteiger partial charge < -0.3 is 16.2 Å². The van der Waals surface area contributed by atoms with E-state index < -0.39 is 0 Å². The second-order valence-corrected chi connectivity index (χ2v) is 12.5. The molecule has 272 valence electrons. The van der Waals surface area contributed by atoms with Crippen LogP contribution in [0.2, 0.25) is 0 Å². The normalized spacial score (nSPS) is 10.7. The van der Waals surface area contributed by atoms with Gasteiger partial charge in [-0.3, -0.25) is 0 Å². The molecule has 0 saturated heterocycles. The number of unbranched alkanes of at least 4 members (excludes halogenated alkanes) is 5. The van der Waals surface area contributed by atoms with Gasteiger partial charge in [-0.05, 0) is 107 Å². The molecule has 2 aromatic carbocycles. The largest absolute Gasteiger partial charge is 2.00 e. The smallest absolute Gasteiger partial charge is 0.668 e. The Hall–Kier alpha value is -2.25. The van der Waals surface area contributed by atoms with E-state index in [1.54, 1.807) is 33.8 Å². The number of hydrogen-bond donors (Lipinski definition) is 0.